The van der Waals surface area contributed by atoms with Crippen molar-refractivity contribution in [1.82, 2.24) is 4.72 Å². The van der Waals surface area contributed by atoms with Crippen molar-refractivity contribution in [2.24, 2.45) is 5.41 Å². The van der Waals surface area contributed by atoms with Crippen molar-refractivity contribution in [2.45, 2.75) is 89.9 Å². The van der Waals surface area contributed by atoms with Crippen molar-refractivity contribution in [1.29, 1.82) is 0 Å². The molecule has 1 aliphatic rings. The van der Waals surface area contributed by atoms with Crippen LogP contribution in [0.2, 0.25) is 19.1 Å². The van der Waals surface area contributed by atoms with Crippen LogP contribution in [0.5, 0.6) is 0 Å². The molecule has 22 heavy (non-hydrogen) atoms. The van der Waals surface area contributed by atoms with Gasteiger partial charge in [0.15, 0.2) is 8.32 Å². The molecule has 1 rings (SSSR count). The Morgan fingerprint density at radius 3 is 2.09 bits per heavy atom. The van der Waals surface area contributed by atoms with Gasteiger partial charge in [0.2, 0.25) is 6.43 Å². The van der Waals surface area contributed by atoms with E-state index in [2.05, 4.69) is 4.72 Å². The molecule has 0 aromatic carbocycles. The van der Waals surface area contributed by atoms with Crippen LogP contribution in [0.15, 0.2) is 0 Å². The molecule has 3 nitrogen and oxygen atoms in total. The first kappa shape index (κ1) is 20.4. The van der Waals surface area contributed by atoms with E-state index in [9.17, 15) is 13.3 Å². The average Bonchev–Trinajstić information content (AvgIpc) is 3.04. The lowest BCUT2D eigenvalue weighted by Crippen LogP contribution is -2.53. The van der Waals surface area contributed by atoms with Gasteiger partial charge in [-0.25, -0.2) is 8.78 Å². The van der Waals surface area contributed by atoms with Crippen LogP contribution in [-0.2, 0) is 15.8 Å². The van der Waals surface area contributed by atoms with Crippen LogP contribution in [0.25, 0.3) is 0 Å². The van der Waals surface area contributed by atoms with Gasteiger partial charge in [0.1, 0.15) is 4.75 Å². The topological polar surface area (TPSA) is 44.3 Å². The first-order valence-electron chi connectivity index (χ1n) is 7.94. The second-order valence-electron chi connectivity index (χ2n) is 8.22. The molecule has 2 atom stereocenters. The minimum Gasteiger partial charge on any atom is -0.598 e. The van der Waals surface area contributed by atoms with Gasteiger partial charge in [0.25, 0.3) is 0 Å². The predicted octanol–water partition coefficient (Wildman–Crippen LogP) is 4.08. The lowest BCUT2D eigenvalue weighted by molar-refractivity contribution is 0.0448. The zero-order valence-electron chi connectivity index (χ0n) is 14.8. The van der Waals surface area contributed by atoms with E-state index in [0.29, 0.717) is 18.9 Å². The summed E-state index contributed by atoms with van der Waals surface area (Å²) in [5, 5.41) is 0. The van der Waals surface area contributed by atoms with E-state index < -0.39 is 42.3 Å². The van der Waals surface area contributed by atoms with Gasteiger partial charge < -0.3 is 8.98 Å². The van der Waals surface area contributed by atoms with E-state index >= 15 is 0 Å². The maximum atomic E-state index is 13.5. The maximum Gasteiger partial charge on any atom is 0.245 e. The zero-order chi connectivity index (χ0) is 17.3. The molecule has 0 aromatic heterocycles. The Morgan fingerprint density at radius 1 is 1.27 bits per heavy atom. The summed E-state index contributed by atoms with van der Waals surface area (Å²) in [6, 6.07) is 0.102. The van der Waals surface area contributed by atoms with Crippen LogP contribution in [-0.4, -0.2) is 36.2 Å². The lowest BCUT2D eigenvalue weighted by Gasteiger charge is -2.36. The quantitative estimate of drug-likeness (QED) is 0.527. The Balaban J connectivity index is 2.89. The van der Waals surface area contributed by atoms with Crippen molar-refractivity contribution in [2.75, 3.05) is 0 Å². The van der Waals surface area contributed by atoms with Crippen molar-refractivity contribution in [3.63, 3.8) is 0 Å². The fourth-order valence-electron chi connectivity index (χ4n) is 2.71. The van der Waals surface area contributed by atoms with E-state index in [1.165, 1.54) is 0 Å². The molecular weight excluding hydrogens is 324 g/mol. The molecule has 7 heteroatoms. The molecule has 132 valence electrons. The molecule has 1 aliphatic carbocycles. The van der Waals surface area contributed by atoms with E-state index in [4.69, 9.17) is 4.43 Å². The molecule has 0 saturated heterocycles. The molecule has 1 saturated carbocycles. The number of halogens is 2. The monoisotopic (exact) mass is 355 g/mol. The summed E-state index contributed by atoms with van der Waals surface area (Å²) < 4.78 is 48.0. The highest BCUT2D eigenvalue weighted by Gasteiger charge is 2.59. The predicted molar refractivity (Wildman–Crippen MR) is 91.0 cm³/mol. The molecule has 0 bridgehead atoms. The van der Waals surface area contributed by atoms with E-state index in [1.807, 2.05) is 47.7 Å². The molecule has 0 heterocycles. The van der Waals surface area contributed by atoms with Gasteiger partial charge in [-0.3, -0.25) is 0 Å². The highest BCUT2D eigenvalue weighted by Crippen LogP contribution is 2.55. The van der Waals surface area contributed by atoms with Crippen LogP contribution in [0.1, 0.15) is 47.5 Å². The summed E-state index contributed by atoms with van der Waals surface area (Å²) in [5.41, 5.74) is -1.02. The van der Waals surface area contributed by atoms with Crippen molar-refractivity contribution in [3.05, 3.63) is 0 Å². The van der Waals surface area contributed by atoms with Gasteiger partial charge in [-0.15, -0.1) is 4.72 Å². The minimum absolute atomic E-state index is 0.0807. The summed E-state index contributed by atoms with van der Waals surface area (Å²) >= 11 is -1.35. The number of alkyl halides is 2. The normalized spacial score (nSPS) is 21.3. The second kappa shape index (κ2) is 7.05. The molecule has 0 unspecified atom stereocenters. The number of hydrogen-bond donors (Lipinski definition) is 1. The first-order chi connectivity index (χ1) is 9.80. The summed E-state index contributed by atoms with van der Waals surface area (Å²) in [7, 11) is -2.10. The molecule has 0 amide bonds. The van der Waals surface area contributed by atoms with Crippen molar-refractivity contribution < 1.29 is 17.8 Å². The van der Waals surface area contributed by atoms with Gasteiger partial charge in [0.05, 0.1) is 11.5 Å². The molecule has 0 radical (unpaired) electrons. The number of hydrogen-bond acceptors (Lipinski definition) is 3. The molecule has 1 fully saturated rings. The fraction of sp³-hybridized carbons (Fsp3) is 1.00. The third kappa shape index (κ3) is 5.44. The first-order valence-corrected chi connectivity index (χ1v) is 12.2. The van der Waals surface area contributed by atoms with Crippen LogP contribution < -0.4 is 4.72 Å². The van der Waals surface area contributed by atoms with Gasteiger partial charge in [0, 0.05) is 17.5 Å². The highest BCUT2D eigenvalue weighted by molar-refractivity contribution is 7.90. The van der Waals surface area contributed by atoms with Gasteiger partial charge in [-0.1, -0.05) is 0 Å². The van der Waals surface area contributed by atoms with Crippen molar-refractivity contribution >= 4 is 19.7 Å². The number of rotatable bonds is 8. The summed E-state index contributed by atoms with van der Waals surface area (Å²) in [4.78, 5) is 0. The van der Waals surface area contributed by atoms with Crippen LogP contribution in [0, 0.1) is 5.41 Å². The van der Waals surface area contributed by atoms with Gasteiger partial charge >= 0.3 is 0 Å². The molecular formula is C15H31F2NO2SSi. The Hall–Kier alpha value is 0.307. The van der Waals surface area contributed by atoms with Crippen LogP contribution in [0.3, 0.4) is 0 Å². The summed E-state index contributed by atoms with van der Waals surface area (Å²) in [5.74, 6) is 0. The van der Waals surface area contributed by atoms with Gasteiger partial charge in [-0.2, -0.15) is 0 Å². The lowest BCUT2D eigenvalue weighted by atomic mass is 9.99. The van der Waals surface area contributed by atoms with Crippen LogP contribution in [0.4, 0.5) is 8.78 Å². The summed E-state index contributed by atoms with van der Waals surface area (Å²) in [6.45, 7) is 13.6. The van der Waals surface area contributed by atoms with E-state index in [-0.39, 0.29) is 6.10 Å². The maximum absolute atomic E-state index is 13.5. The number of nitrogens with one attached hydrogen (secondary N) is 1. The third-order valence-corrected chi connectivity index (χ3v) is 8.12. The fourth-order valence-corrected chi connectivity index (χ4v) is 6.65. The molecule has 0 aliphatic heterocycles. The van der Waals surface area contributed by atoms with E-state index in [1.54, 1.807) is 0 Å². The van der Waals surface area contributed by atoms with E-state index in [0.717, 1.165) is 0 Å². The Kier molecular flexibility index (Phi) is 6.52. The zero-order valence-corrected chi connectivity index (χ0v) is 16.7. The Bertz CT molecular complexity index is 371. The van der Waals surface area contributed by atoms with Crippen molar-refractivity contribution in [3.8, 4) is 0 Å². The summed E-state index contributed by atoms with van der Waals surface area (Å²) in [6.07, 6.45) is -1.31. The standard InChI is InChI=1S/C15H31F2NO2SSi/c1-11(2)20-22(6,7)10-12(15(8-9-15)13(16)17)18-21(19)14(3,4)5/h11-13,18H,8-10H2,1-7H3/t12-,21+/m1/s1. The average molecular weight is 356 g/mol. The Labute approximate surface area is 138 Å². The largest absolute Gasteiger partial charge is 0.598 e. The van der Waals surface area contributed by atoms with Crippen LogP contribution >= 0.6 is 0 Å². The smallest absolute Gasteiger partial charge is 0.245 e. The Morgan fingerprint density at radius 2 is 1.77 bits per heavy atom. The molecule has 0 aromatic rings. The highest BCUT2D eigenvalue weighted by atomic mass is 32.2. The SMILES string of the molecule is CC(C)O[Si](C)(C)C[C@@H](N[S@@+]([O-])C(C)(C)C)C1(C(F)F)CC1. The third-order valence-electron chi connectivity index (χ3n) is 4.01. The molecule has 1 N–H and O–H groups in total. The second-order valence-corrected chi connectivity index (χ2v) is 14.4. The van der Waals surface area contributed by atoms with Gasteiger partial charge in [-0.05, 0) is 66.6 Å². The molecule has 0 spiro atoms. The minimum atomic E-state index is -2.38.